The molecule has 1 aromatic carbocycles. The summed E-state index contributed by atoms with van der Waals surface area (Å²) in [5.74, 6) is 0.0378. The van der Waals surface area contributed by atoms with E-state index < -0.39 is 0 Å². The molecule has 1 atom stereocenters. The summed E-state index contributed by atoms with van der Waals surface area (Å²) in [7, 11) is 0. The number of hydrogen-bond acceptors (Lipinski definition) is 3. The maximum atomic E-state index is 11.6. The lowest BCUT2D eigenvalue weighted by atomic mass is 10.2. The first-order chi connectivity index (χ1) is 7.09. The van der Waals surface area contributed by atoms with Crippen LogP contribution in [0.25, 0.3) is 0 Å². The molecule has 2 rings (SSSR count). The molecule has 1 saturated heterocycles. The number of carbonyl (C=O) groups excluding carboxylic acids is 1. The maximum Gasteiger partial charge on any atom is 0.228 e. The smallest absolute Gasteiger partial charge is 0.228 e. The van der Waals surface area contributed by atoms with Crippen molar-refractivity contribution in [3.63, 3.8) is 0 Å². The number of carbonyl (C=O) groups is 1. The summed E-state index contributed by atoms with van der Waals surface area (Å²) < 4.78 is 0.577. The van der Waals surface area contributed by atoms with Crippen LogP contribution < -0.4 is 10.6 Å². The van der Waals surface area contributed by atoms with E-state index in [1.54, 1.807) is 18.2 Å². The lowest BCUT2D eigenvalue weighted by Crippen LogP contribution is -2.27. The van der Waals surface area contributed by atoms with E-state index in [0.717, 1.165) is 0 Å². The fourth-order valence-electron chi connectivity index (χ4n) is 1.69. The highest BCUT2D eigenvalue weighted by molar-refractivity contribution is 9.10. The third-order valence-electron chi connectivity index (χ3n) is 2.41. The number of benzene rings is 1. The standard InChI is InChI=1S/C10H11BrN2O2/c11-7-2-1-3-8(10(7)15)13-5-6(12)4-9(13)14/h1-3,6,15H,4-5,12H2. The second kappa shape index (κ2) is 3.83. The molecule has 15 heavy (non-hydrogen) atoms. The van der Waals surface area contributed by atoms with Crippen LogP contribution in [0.4, 0.5) is 5.69 Å². The largest absolute Gasteiger partial charge is 0.505 e. The van der Waals surface area contributed by atoms with E-state index >= 15 is 0 Å². The predicted molar refractivity (Wildman–Crippen MR) is 60.8 cm³/mol. The Bertz CT molecular complexity index is 408. The molecule has 1 amide bonds. The Morgan fingerprint density at radius 2 is 2.27 bits per heavy atom. The maximum absolute atomic E-state index is 11.6. The molecule has 0 saturated carbocycles. The number of halogens is 1. The van der Waals surface area contributed by atoms with Crippen LogP contribution >= 0.6 is 15.9 Å². The van der Waals surface area contributed by atoms with Crippen LogP contribution in [0.15, 0.2) is 22.7 Å². The summed E-state index contributed by atoms with van der Waals surface area (Å²) in [6, 6.07) is 5.06. The lowest BCUT2D eigenvalue weighted by molar-refractivity contribution is -0.117. The molecule has 1 heterocycles. The van der Waals surface area contributed by atoms with E-state index in [2.05, 4.69) is 15.9 Å². The van der Waals surface area contributed by atoms with Crippen LogP contribution in [-0.4, -0.2) is 23.6 Å². The molecule has 0 radical (unpaired) electrons. The summed E-state index contributed by atoms with van der Waals surface area (Å²) >= 11 is 3.21. The predicted octanol–water partition coefficient (Wildman–Crippen LogP) is 1.22. The Morgan fingerprint density at radius 1 is 1.53 bits per heavy atom. The number of nitrogens with two attached hydrogens (primary N) is 1. The minimum atomic E-state index is -0.143. The van der Waals surface area contributed by atoms with Crippen molar-refractivity contribution < 1.29 is 9.90 Å². The molecule has 1 fully saturated rings. The molecule has 5 heteroatoms. The molecule has 0 aromatic heterocycles. The zero-order valence-electron chi connectivity index (χ0n) is 7.98. The zero-order valence-corrected chi connectivity index (χ0v) is 9.57. The van der Waals surface area contributed by atoms with Gasteiger partial charge in [0.1, 0.15) is 0 Å². The number of para-hydroxylation sites is 1. The summed E-state index contributed by atoms with van der Waals surface area (Å²) in [5.41, 5.74) is 6.20. The summed E-state index contributed by atoms with van der Waals surface area (Å²) in [4.78, 5) is 13.1. The number of rotatable bonds is 1. The normalized spacial score (nSPS) is 21.1. The Morgan fingerprint density at radius 3 is 2.87 bits per heavy atom. The van der Waals surface area contributed by atoms with E-state index in [-0.39, 0.29) is 17.7 Å². The van der Waals surface area contributed by atoms with Gasteiger partial charge >= 0.3 is 0 Å². The van der Waals surface area contributed by atoms with Crippen molar-refractivity contribution in [2.45, 2.75) is 12.5 Å². The first kappa shape index (κ1) is 10.4. The molecule has 0 aliphatic carbocycles. The van der Waals surface area contributed by atoms with Gasteiger partial charge < -0.3 is 15.7 Å². The highest BCUT2D eigenvalue weighted by Gasteiger charge is 2.29. The van der Waals surface area contributed by atoms with Crippen molar-refractivity contribution in [3.05, 3.63) is 22.7 Å². The Kier molecular flexibility index (Phi) is 2.67. The molecule has 1 unspecified atom stereocenters. The van der Waals surface area contributed by atoms with Gasteiger partial charge in [-0.15, -0.1) is 0 Å². The topological polar surface area (TPSA) is 66.6 Å². The molecule has 3 N–H and O–H groups in total. The van der Waals surface area contributed by atoms with Crippen LogP contribution in [0, 0.1) is 0 Å². The van der Waals surface area contributed by atoms with E-state index in [9.17, 15) is 9.90 Å². The first-order valence-electron chi connectivity index (χ1n) is 4.63. The van der Waals surface area contributed by atoms with Crippen molar-refractivity contribution in [2.24, 2.45) is 5.73 Å². The van der Waals surface area contributed by atoms with Crippen molar-refractivity contribution in [1.29, 1.82) is 0 Å². The zero-order chi connectivity index (χ0) is 11.0. The average molecular weight is 271 g/mol. The van der Waals surface area contributed by atoms with Gasteiger partial charge in [0.2, 0.25) is 5.91 Å². The highest BCUT2D eigenvalue weighted by Crippen LogP contribution is 2.35. The van der Waals surface area contributed by atoms with Gasteiger partial charge in [0.15, 0.2) is 5.75 Å². The van der Waals surface area contributed by atoms with Gasteiger partial charge in [-0.25, -0.2) is 0 Å². The Balaban J connectivity index is 2.38. The Hall–Kier alpha value is -1.07. The number of phenolic OH excluding ortho intramolecular Hbond substituents is 1. The second-order valence-electron chi connectivity index (χ2n) is 3.58. The number of aromatic hydroxyl groups is 1. The van der Waals surface area contributed by atoms with Crippen molar-refractivity contribution >= 4 is 27.5 Å². The average Bonchev–Trinajstić information content (AvgIpc) is 2.50. The first-order valence-corrected chi connectivity index (χ1v) is 5.42. The number of amides is 1. The van der Waals surface area contributed by atoms with Crippen molar-refractivity contribution in [1.82, 2.24) is 0 Å². The molecule has 4 nitrogen and oxygen atoms in total. The number of anilines is 1. The number of hydrogen-bond donors (Lipinski definition) is 2. The summed E-state index contributed by atoms with van der Waals surface area (Å²) in [6.07, 6.45) is 0.339. The van der Waals surface area contributed by atoms with Crippen molar-refractivity contribution in [2.75, 3.05) is 11.4 Å². The molecular formula is C10H11BrN2O2. The third kappa shape index (κ3) is 1.85. The van der Waals surface area contributed by atoms with Crippen LogP contribution in [0.2, 0.25) is 0 Å². The van der Waals surface area contributed by atoms with Crippen molar-refractivity contribution in [3.8, 4) is 5.75 Å². The van der Waals surface area contributed by atoms with Gasteiger partial charge in [-0.3, -0.25) is 4.79 Å². The molecule has 1 aromatic rings. The van der Waals surface area contributed by atoms with Gasteiger partial charge in [-0.2, -0.15) is 0 Å². The van der Waals surface area contributed by atoms with Gasteiger partial charge in [0, 0.05) is 19.0 Å². The third-order valence-corrected chi connectivity index (χ3v) is 3.05. The molecular weight excluding hydrogens is 260 g/mol. The van der Waals surface area contributed by atoms with Crippen LogP contribution in [-0.2, 0) is 4.79 Å². The number of phenols is 1. The van der Waals surface area contributed by atoms with Crippen LogP contribution in [0.3, 0.4) is 0 Å². The van der Waals surface area contributed by atoms with Gasteiger partial charge in [0.05, 0.1) is 10.2 Å². The quantitative estimate of drug-likeness (QED) is 0.807. The lowest BCUT2D eigenvalue weighted by Gasteiger charge is -2.17. The van der Waals surface area contributed by atoms with Crippen LogP contribution in [0.1, 0.15) is 6.42 Å². The van der Waals surface area contributed by atoms with E-state index in [1.165, 1.54) is 4.90 Å². The number of nitrogens with zero attached hydrogens (tertiary/aromatic N) is 1. The fraction of sp³-hybridized carbons (Fsp3) is 0.300. The van der Waals surface area contributed by atoms with Gasteiger partial charge in [-0.05, 0) is 28.1 Å². The molecule has 1 aliphatic rings. The highest BCUT2D eigenvalue weighted by atomic mass is 79.9. The molecule has 1 aliphatic heterocycles. The SMILES string of the molecule is NC1CC(=O)N(c2cccc(Br)c2O)C1. The van der Waals surface area contributed by atoms with E-state index in [4.69, 9.17) is 5.73 Å². The fourth-order valence-corrected chi connectivity index (χ4v) is 2.05. The molecule has 0 spiro atoms. The molecule has 80 valence electrons. The van der Waals surface area contributed by atoms with E-state index in [1.807, 2.05) is 0 Å². The minimum absolute atomic E-state index is 0.0455. The minimum Gasteiger partial charge on any atom is -0.505 e. The molecule has 0 bridgehead atoms. The van der Waals surface area contributed by atoms with Crippen LogP contribution in [0.5, 0.6) is 5.75 Å². The Labute approximate surface area is 95.8 Å². The second-order valence-corrected chi connectivity index (χ2v) is 4.43. The summed E-state index contributed by atoms with van der Waals surface area (Å²) in [6.45, 7) is 0.461. The summed E-state index contributed by atoms with van der Waals surface area (Å²) in [5, 5.41) is 9.78. The van der Waals surface area contributed by atoms with Gasteiger partial charge in [0.25, 0.3) is 0 Å². The monoisotopic (exact) mass is 270 g/mol. The van der Waals surface area contributed by atoms with E-state index in [0.29, 0.717) is 23.1 Å². The van der Waals surface area contributed by atoms with Gasteiger partial charge in [-0.1, -0.05) is 6.07 Å².